The zero-order chi connectivity index (χ0) is 9.80. The second kappa shape index (κ2) is 4.66. The minimum atomic E-state index is 0.696. The van der Waals surface area contributed by atoms with Gasteiger partial charge < -0.3 is 10.1 Å². The zero-order valence-corrected chi connectivity index (χ0v) is 9.01. The van der Waals surface area contributed by atoms with E-state index in [0.717, 1.165) is 24.8 Å². The van der Waals surface area contributed by atoms with Gasteiger partial charge in [-0.1, -0.05) is 0 Å². The average molecular weight is 210 g/mol. The van der Waals surface area contributed by atoms with Crippen molar-refractivity contribution in [3.8, 4) is 0 Å². The van der Waals surface area contributed by atoms with E-state index in [1.807, 2.05) is 25.0 Å². The van der Waals surface area contributed by atoms with Crippen LogP contribution in [0.25, 0.3) is 0 Å². The summed E-state index contributed by atoms with van der Waals surface area (Å²) in [6.45, 7) is 1.82. The van der Waals surface area contributed by atoms with Crippen LogP contribution in [0.15, 0.2) is 18.3 Å². The van der Waals surface area contributed by atoms with Crippen molar-refractivity contribution >= 4 is 17.6 Å². The molecule has 0 saturated carbocycles. The predicted octanol–water partition coefficient (Wildman–Crippen LogP) is 1.76. The highest BCUT2D eigenvalue weighted by Gasteiger charge is 2.18. The lowest BCUT2D eigenvalue weighted by molar-refractivity contribution is 0.0455. The molecule has 2 rings (SSSR count). The van der Waals surface area contributed by atoms with Gasteiger partial charge >= 0.3 is 0 Å². The van der Waals surface area contributed by atoms with Gasteiger partial charge in [0.25, 0.3) is 0 Å². The molecule has 1 aliphatic rings. The highest BCUT2D eigenvalue weighted by Crippen LogP contribution is 2.23. The summed E-state index contributed by atoms with van der Waals surface area (Å²) >= 11 is 1.95. The Labute approximate surface area is 88.3 Å². The largest absolute Gasteiger partial charge is 0.379 e. The molecule has 0 aromatic carbocycles. The second-order valence-corrected chi connectivity index (χ2v) is 4.56. The fourth-order valence-corrected chi connectivity index (χ4v) is 2.22. The van der Waals surface area contributed by atoms with Gasteiger partial charge in [-0.25, -0.2) is 4.98 Å². The van der Waals surface area contributed by atoms with Gasteiger partial charge in [-0.3, -0.25) is 0 Å². The molecule has 0 radical (unpaired) electrons. The van der Waals surface area contributed by atoms with Gasteiger partial charge in [0, 0.05) is 19.0 Å². The third-order valence-corrected chi connectivity index (χ3v) is 3.42. The van der Waals surface area contributed by atoms with Crippen LogP contribution in [-0.4, -0.2) is 30.5 Å². The number of rotatable bonds is 4. The lowest BCUT2D eigenvalue weighted by atomic mass is 10.3. The van der Waals surface area contributed by atoms with Gasteiger partial charge in [-0.05, 0) is 17.7 Å². The van der Waals surface area contributed by atoms with Gasteiger partial charge in [-0.15, -0.1) is 11.8 Å². The van der Waals surface area contributed by atoms with Crippen molar-refractivity contribution in [1.29, 1.82) is 0 Å². The number of nitrogens with one attached hydrogen (secondary N) is 1. The Balaban J connectivity index is 1.87. The third-order valence-electron chi connectivity index (χ3n) is 2.17. The van der Waals surface area contributed by atoms with E-state index in [0.29, 0.717) is 5.25 Å². The molecule has 1 aliphatic heterocycles. The molecular weight excluding hydrogens is 196 g/mol. The van der Waals surface area contributed by atoms with Crippen LogP contribution in [0.5, 0.6) is 0 Å². The van der Waals surface area contributed by atoms with E-state index in [1.54, 1.807) is 0 Å². The summed E-state index contributed by atoms with van der Waals surface area (Å²) in [4.78, 5) is 4.17. The summed E-state index contributed by atoms with van der Waals surface area (Å²) in [7, 11) is 1.89. The molecule has 0 unspecified atom stereocenters. The maximum absolute atomic E-state index is 5.12. The van der Waals surface area contributed by atoms with Crippen LogP contribution < -0.4 is 5.32 Å². The number of hydrogen-bond donors (Lipinski definition) is 1. The number of nitrogens with zero attached hydrogens (tertiary/aromatic N) is 1. The molecule has 1 fully saturated rings. The Morgan fingerprint density at radius 2 is 2.50 bits per heavy atom. The van der Waals surface area contributed by atoms with Crippen LogP contribution >= 0.6 is 11.8 Å². The predicted molar refractivity (Wildman–Crippen MR) is 59.7 cm³/mol. The van der Waals surface area contributed by atoms with Crippen molar-refractivity contribution in [3.63, 3.8) is 0 Å². The van der Waals surface area contributed by atoms with Crippen molar-refractivity contribution in [2.24, 2.45) is 0 Å². The Kier molecular flexibility index (Phi) is 3.26. The maximum Gasteiger partial charge on any atom is 0.125 e. The van der Waals surface area contributed by atoms with E-state index >= 15 is 0 Å². The number of pyridine rings is 1. The Hall–Kier alpha value is -0.740. The standard InChI is InChI=1S/C10H14N2OS/c1-11-10-4-8(2-3-12-10)7-14-9-5-13-6-9/h2-4,9H,5-7H2,1H3,(H,11,12). The van der Waals surface area contributed by atoms with Crippen molar-refractivity contribution in [2.45, 2.75) is 11.0 Å². The van der Waals surface area contributed by atoms with Gasteiger partial charge in [-0.2, -0.15) is 0 Å². The average Bonchev–Trinajstić information content (AvgIpc) is 2.16. The fraction of sp³-hybridized carbons (Fsp3) is 0.500. The molecule has 3 nitrogen and oxygen atoms in total. The molecule has 2 heterocycles. The minimum Gasteiger partial charge on any atom is -0.379 e. The first-order valence-electron chi connectivity index (χ1n) is 4.70. The zero-order valence-electron chi connectivity index (χ0n) is 8.19. The fourth-order valence-electron chi connectivity index (χ4n) is 1.23. The molecule has 0 atom stereocenters. The normalized spacial score (nSPS) is 16.4. The second-order valence-electron chi connectivity index (χ2n) is 3.27. The summed E-state index contributed by atoms with van der Waals surface area (Å²) < 4.78 is 5.12. The highest BCUT2D eigenvalue weighted by atomic mass is 32.2. The van der Waals surface area contributed by atoms with E-state index in [2.05, 4.69) is 22.4 Å². The Morgan fingerprint density at radius 3 is 3.14 bits per heavy atom. The lowest BCUT2D eigenvalue weighted by Gasteiger charge is -2.25. The van der Waals surface area contributed by atoms with Crippen LogP contribution in [0.2, 0.25) is 0 Å². The molecule has 0 bridgehead atoms. The summed E-state index contributed by atoms with van der Waals surface area (Å²) in [6.07, 6.45) is 1.85. The van der Waals surface area contributed by atoms with E-state index in [1.165, 1.54) is 5.56 Å². The summed E-state index contributed by atoms with van der Waals surface area (Å²) in [5.74, 6) is 1.98. The first-order chi connectivity index (χ1) is 6.88. The van der Waals surface area contributed by atoms with Gasteiger partial charge in [0.05, 0.1) is 18.5 Å². The SMILES string of the molecule is CNc1cc(CSC2COC2)ccn1. The number of thioether (sulfide) groups is 1. The van der Waals surface area contributed by atoms with E-state index < -0.39 is 0 Å². The van der Waals surface area contributed by atoms with E-state index in [-0.39, 0.29) is 0 Å². The summed E-state index contributed by atoms with van der Waals surface area (Å²) in [6, 6.07) is 4.15. The molecule has 1 N–H and O–H groups in total. The van der Waals surface area contributed by atoms with Crippen LogP contribution in [0.1, 0.15) is 5.56 Å². The van der Waals surface area contributed by atoms with Gasteiger partial charge in [0.2, 0.25) is 0 Å². The van der Waals surface area contributed by atoms with Crippen LogP contribution in [0.3, 0.4) is 0 Å². The number of anilines is 1. The first kappa shape index (κ1) is 9.80. The summed E-state index contributed by atoms with van der Waals surface area (Å²) in [5.41, 5.74) is 1.32. The third kappa shape index (κ3) is 2.39. The number of aromatic nitrogens is 1. The van der Waals surface area contributed by atoms with Crippen molar-refractivity contribution < 1.29 is 4.74 Å². The van der Waals surface area contributed by atoms with Crippen LogP contribution in [-0.2, 0) is 10.5 Å². The van der Waals surface area contributed by atoms with Gasteiger partial charge in [0.1, 0.15) is 5.82 Å². The molecule has 0 spiro atoms. The van der Waals surface area contributed by atoms with E-state index in [4.69, 9.17) is 4.74 Å². The molecule has 1 saturated heterocycles. The lowest BCUT2D eigenvalue weighted by Crippen LogP contribution is -2.30. The monoisotopic (exact) mass is 210 g/mol. The molecular formula is C10H14N2OS. The van der Waals surface area contributed by atoms with Crippen LogP contribution in [0, 0.1) is 0 Å². The Bertz CT molecular complexity index is 302. The topological polar surface area (TPSA) is 34.1 Å². The van der Waals surface area contributed by atoms with Crippen molar-refractivity contribution in [2.75, 3.05) is 25.6 Å². The molecule has 4 heteroatoms. The smallest absolute Gasteiger partial charge is 0.125 e. The molecule has 0 aliphatic carbocycles. The minimum absolute atomic E-state index is 0.696. The number of ether oxygens (including phenoxy) is 1. The molecule has 1 aromatic rings. The maximum atomic E-state index is 5.12. The molecule has 76 valence electrons. The van der Waals surface area contributed by atoms with Crippen molar-refractivity contribution in [3.05, 3.63) is 23.9 Å². The molecule has 14 heavy (non-hydrogen) atoms. The molecule has 1 aromatic heterocycles. The quantitative estimate of drug-likeness (QED) is 0.821. The van der Waals surface area contributed by atoms with Crippen LogP contribution in [0.4, 0.5) is 5.82 Å². The van der Waals surface area contributed by atoms with Gasteiger partial charge in [0.15, 0.2) is 0 Å². The first-order valence-corrected chi connectivity index (χ1v) is 5.75. The van der Waals surface area contributed by atoms with E-state index in [9.17, 15) is 0 Å². The highest BCUT2D eigenvalue weighted by molar-refractivity contribution is 7.99. The summed E-state index contributed by atoms with van der Waals surface area (Å²) in [5, 5.41) is 3.73. The number of hydrogen-bond acceptors (Lipinski definition) is 4. The Morgan fingerprint density at radius 1 is 1.64 bits per heavy atom. The van der Waals surface area contributed by atoms with Crippen molar-refractivity contribution in [1.82, 2.24) is 4.98 Å². The molecule has 0 amide bonds.